The van der Waals surface area contributed by atoms with Gasteiger partial charge in [0.2, 0.25) is 0 Å². The third-order valence-electron chi connectivity index (χ3n) is 2.13. The second-order valence-electron chi connectivity index (χ2n) is 3.36. The zero-order valence-corrected chi connectivity index (χ0v) is 9.73. The molecule has 2 aromatic rings. The van der Waals surface area contributed by atoms with E-state index in [9.17, 15) is 18.0 Å². The molecule has 0 unspecified atom stereocenters. The molecule has 0 saturated carbocycles. The second-order valence-corrected chi connectivity index (χ2v) is 4.34. The van der Waals surface area contributed by atoms with Crippen molar-refractivity contribution >= 4 is 17.2 Å². The molecular weight excluding hydrogens is 265 g/mol. The summed E-state index contributed by atoms with van der Waals surface area (Å²) in [6, 6.07) is 1.30. The van der Waals surface area contributed by atoms with Gasteiger partial charge in [-0.15, -0.1) is 11.3 Å². The third-order valence-corrected chi connectivity index (χ3v) is 2.91. The summed E-state index contributed by atoms with van der Waals surface area (Å²) in [5.41, 5.74) is -0.275. The van der Waals surface area contributed by atoms with Gasteiger partial charge in [0, 0.05) is 17.1 Å². The smallest absolute Gasteiger partial charge is 0.251 e. The standard InChI is InChI=1S/C11H7F3N2OS/c12-7-3-6(4-8(13)10(7)14)11(17)16-5-9-15-1-2-18-9/h1-4H,5H2,(H,16,17). The summed E-state index contributed by atoms with van der Waals surface area (Å²) >= 11 is 1.33. The van der Waals surface area contributed by atoms with Gasteiger partial charge in [-0.2, -0.15) is 0 Å². The normalized spacial score (nSPS) is 10.4. The second kappa shape index (κ2) is 5.18. The first-order valence-corrected chi connectivity index (χ1v) is 5.77. The minimum atomic E-state index is -1.59. The molecule has 7 heteroatoms. The number of hydrogen-bond donors (Lipinski definition) is 1. The van der Waals surface area contributed by atoms with E-state index in [1.807, 2.05) is 0 Å². The Morgan fingerprint density at radius 3 is 2.50 bits per heavy atom. The van der Waals surface area contributed by atoms with E-state index < -0.39 is 23.4 Å². The average molecular weight is 272 g/mol. The Bertz CT molecular complexity index is 549. The molecular formula is C11H7F3N2OS. The van der Waals surface area contributed by atoms with E-state index >= 15 is 0 Å². The Hall–Kier alpha value is -1.89. The minimum absolute atomic E-state index is 0.150. The molecule has 1 heterocycles. The molecule has 18 heavy (non-hydrogen) atoms. The van der Waals surface area contributed by atoms with Crippen LogP contribution in [-0.4, -0.2) is 10.9 Å². The van der Waals surface area contributed by atoms with Crippen molar-refractivity contribution in [2.24, 2.45) is 0 Å². The monoisotopic (exact) mass is 272 g/mol. The first kappa shape index (κ1) is 12.6. The van der Waals surface area contributed by atoms with Crippen LogP contribution in [0.5, 0.6) is 0 Å². The van der Waals surface area contributed by atoms with Crippen molar-refractivity contribution in [1.29, 1.82) is 0 Å². The highest BCUT2D eigenvalue weighted by Crippen LogP contribution is 2.13. The third kappa shape index (κ3) is 2.67. The molecule has 94 valence electrons. The zero-order chi connectivity index (χ0) is 13.1. The van der Waals surface area contributed by atoms with E-state index in [-0.39, 0.29) is 12.1 Å². The molecule has 1 amide bonds. The lowest BCUT2D eigenvalue weighted by Crippen LogP contribution is -2.23. The van der Waals surface area contributed by atoms with E-state index in [1.54, 1.807) is 11.6 Å². The van der Waals surface area contributed by atoms with Crippen LogP contribution in [0.4, 0.5) is 13.2 Å². The maximum atomic E-state index is 12.9. The van der Waals surface area contributed by atoms with Crippen molar-refractivity contribution in [3.05, 3.63) is 51.7 Å². The Morgan fingerprint density at radius 1 is 1.28 bits per heavy atom. The van der Waals surface area contributed by atoms with Gasteiger partial charge in [-0.1, -0.05) is 0 Å². The van der Waals surface area contributed by atoms with E-state index in [2.05, 4.69) is 10.3 Å². The fraction of sp³-hybridized carbons (Fsp3) is 0.0909. The van der Waals surface area contributed by atoms with Gasteiger partial charge in [0.05, 0.1) is 6.54 Å². The van der Waals surface area contributed by atoms with E-state index in [0.717, 1.165) is 0 Å². The SMILES string of the molecule is O=C(NCc1nccs1)c1cc(F)c(F)c(F)c1. The summed E-state index contributed by atoms with van der Waals surface area (Å²) in [4.78, 5) is 15.5. The molecule has 0 aliphatic carbocycles. The first-order chi connectivity index (χ1) is 8.58. The van der Waals surface area contributed by atoms with E-state index in [0.29, 0.717) is 17.1 Å². The lowest BCUT2D eigenvalue weighted by molar-refractivity contribution is 0.0949. The Labute approximate surface area is 104 Å². The number of rotatable bonds is 3. The van der Waals surface area contributed by atoms with Crippen LogP contribution in [-0.2, 0) is 6.54 Å². The van der Waals surface area contributed by atoms with Crippen LogP contribution in [0.3, 0.4) is 0 Å². The number of thiazole rings is 1. The van der Waals surface area contributed by atoms with Crippen molar-refractivity contribution in [2.45, 2.75) is 6.54 Å². The lowest BCUT2D eigenvalue weighted by atomic mass is 10.2. The number of amides is 1. The molecule has 1 N–H and O–H groups in total. The van der Waals surface area contributed by atoms with Crippen molar-refractivity contribution in [1.82, 2.24) is 10.3 Å². The Kier molecular flexibility index (Phi) is 3.61. The van der Waals surface area contributed by atoms with Crippen molar-refractivity contribution in [2.75, 3.05) is 0 Å². The largest absolute Gasteiger partial charge is 0.346 e. The van der Waals surface area contributed by atoms with Crippen LogP contribution in [0.2, 0.25) is 0 Å². The highest BCUT2D eigenvalue weighted by molar-refractivity contribution is 7.09. The fourth-order valence-electron chi connectivity index (χ4n) is 1.28. The van der Waals surface area contributed by atoms with Crippen molar-refractivity contribution in [3.8, 4) is 0 Å². The molecule has 0 atom stereocenters. The number of halogens is 3. The number of carbonyl (C=O) groups excluding carboxylic acids is 1. The van der Waals surface area contributed by atoms with Gasteiger partial charge in [-0.3, -0.25) is 4.79 Å². The predicted molar refractivity (Wildman–Crippen MR) is 59.6 cm³/mol. The van der Waals surface area contributed by atoms with Crippen LogP contribution < -0.4 is 5.32 Å². The maximum absolute atomic E-state index is 12.9. The molecule has 0 bridgehead atoms. The number of nitrogens with zero attached hydrogens (tertiary/aromatic N) is 1. The van der Waals surface area contributed by atoms with Gasteiger partial charge in [-0.25, -0.2) is 18.2 Å². The quantitative estimate of drug-likeness (QED) is 0.872. The first-order valence-electron chi connectivity index (χ1n) is 4.89. The molecule has 0 saturated heterocycles. The van der Waals surface area contributed by atoms with Crippen LogP contribution >= 0.6 is 11.3 Å². The van der Waals surface area contributed by atoms with Crippen molar-refractivity contribution < 1.29 is 18.0 Å². The zero-order valence-electron chi connectivity index (χ0n) is 8.91. The van der Waals surface area contributed by atoms with Gasteiger partial charge in [0.1, 0.15) is 5.01 Å². The number of benzene rings is 1. The Morgan fingerprint density at radius 2 is 1.94 bits per heavy atom. The molecule has 0 fully saturated rings. The molecule has 2 rings (SSSR count). The molecule has 1 aromatic carbocycles. The van der Waals surface area contributed by atoms with Gasteiger partial charge in [0.25, 0.3) is 5.91 Å². The fourth-order valence-corrected chi connectivity index (χ4v) is 1.84. The summed E-state index contributed by atoms with van der Waals surface area (Å²) in [5, 5.41) is 4.82. The number of carbonyl (C=O) groups is 1. The summed E-state index contributed by atoms with van der Waals surface area (Å²) in [5.74, 6) is -5.07. The topological polar surface area (TPSA) is 42.0 Å². The predicted octanol–water partition coefficient (Wildman–Crippen LogP) is 2.49. The van der Waals surface area contributed by atoms with E-state index in [4.69, 9.17) is 0 Å². The minimum Gasteiger partial charge on any atom is -0.346 e. The van der Waals surface area contributed by atoms with Gasteiger partial charge >= 0.3 is 0 Å². The molecule has 3 nitrogen and oxygen atoms in total. The van der Waals surface area contributed by atoms with Crippen molar-refractivity contribution in [3.63, 3.8) is 0 Å². The highest BCUT2D eigenvalue weighted by Gasteiger charge is 2.14. The van der Waals surface area contributed by atoms with E-state index in [1.165, 1.54) is 11.3 Å². The molecule has 0 radical (unpaired) electrons. The summed E-state index contributed by atoms with van der Waals surface area (Å²) in [6.07, 6.45) is 1.57. The summed E-state index contributed by atoms with van der Waals surface area (Å²) in [6.45, 7) is 0.150. The molecule has 1 aromatic heterocycles. The maximum Gasteiger partial charge on any atom is 0.251 e. The molecule has 0 aliphatic heterocycles. The van der Waals surface area contributed by atoms with Crippen LogP contribution in [0.25, 0.3) is 0 Å². The number of nitrogens with one attached hydrogen (secondary N) is 1. The lowest BCUT2D eigenvalue weighted by Gasteiger charge is -2.04. The molecule has 0 spiro atoms. The Balaban J connectivity index is 2.09. The summed E-state index contributed by atoms with van der Waals surface area (Å²) < 4.78 is 38.5. The highest BCUT2D eigenvalue weighted by atomic mass is 32.1. The van der Waals surface area contributed by atoms with Crippen LogP contribution in [0.1, 0.15) is 15.4 Å². The number of aromatic nitrogens is 1. The number of hydrogen-bond acceptors (Lipinski definition) is 3. The van der Waals surface area contributed by atoms with Crippen LogP contribution in [0, 0.1) is 17.5 Å². The van der Waals surface area contributed by atoms with Crippen LogP contribution in [0.15, 0.2) is 23.7 Å². The van der Waals surface area contributed by atoms with Gasteiger partial charge in [-0.05, 0) is 12.1 Å². The molecule has 0 aliphatic rings. The average Bonchev–Trinajstić information content (AvgIpc) is 2.85. The van der Waals surface area contributed by atoms with Gasteiger partial charge < -0.3 is 5.32 Å². The van der Waals surface area contributed by atoms with Gasteiger partial charge in [0.15, 0.2) is 17.5 Å². The summed E-state index contributed by atoms with van der Waals surface area (Å²) in [7, 11) is 0.